The van der Waals surface area contributed by atoms with Crippen molar-refractivity contribution in [2.45, 2.75) is 38.5 Å². The van der Waals surface area contributed by atoms with Gasteiger partial charge in [-0.1, -0.05) is 113 Å². The predicted molar refractivity (Wildman–Crippen MR) is 169 cm³/mol. The van der Waals surface area contributed by atoms with E-state index in [0.29, 0.717) is 0 Å². The molecule has 186 valence electrons. The van der Waals surface area contributed by atoms with Crippen molar-refractivity contribution in [3.63, 3.8) is 0 Å². The second kappa shape index (κ2) is 6.97. The highest BCUT2D eigenvalue weighted by Gasteiger charge is 2.38. The van der Waals surface area contributed by atoms with Gasteiger partial charge in [0.1, 0.15) is 0 Å². The lowest BCUT2D eigenvalue weighted by atomic mass is 9.81. The van der Waals surface area contributed by atoms with Crippen LogP contribution in [0.5, 0.6) is 0 Å². The first kappa shape index (κ1) is 21.9. The summed E-state index contributed by atoms with van der Waals surface area (Å²) in [6.07, 6.45) is 0. The number of benzene rings is 6. The fourth-order valence-electron chi connectivity index (χ4n) is 7.97. The van der Waals surface area contributed by atoms with E-state index >= 15 is 0 Å². The Kier molecular flexibility index (Phi) is 3.92. The third-order valence-corrected chi connectivity index (χ3v) is 10.9. The van der Waals surface area contributed by atoms with Crippen molar-refractivity contribution in [3.05, 3.63) is 119 Å². The van der Waals surface area contributed by atoms with Crippen LogP contribution in [0.15, 0.2) is 97.1 Å². The van der Waals surface area contributed by atoms with Crippen molar-refractivity contribution in [1.82, 2.24) is 0 Å². The van der Waals surface area contributed by atoms with E-state index in [0.717, 1.165) is 0 Å². The standard InChI is InChI=1S/C38H28S/c1-37(2)27-17-7-5-11-23(27)33-25-15-9-13-21-22-14-10-16-26-34-24-12-6-8-18-28(24)38(3,4)30(34)20-32(36(22)26)39-31(35(21)25)19-29(33)37/h5-20H,1-4H3. The van der Waals surface area contributed by atoms with E-state index in [1.165, 1.54) is 86.2 Å². The molecule has 7 aromatic rings. The molecule has 1 heteroatoms. The third-order valence-electron chi connectivity index (χ3n) is 9.85. The summed E-state index contributed by atoms with van der Waals surface area (Å²) in [7, 11) is 0. The van der Waals surface area contributed by atoms with Gasteiger partial charge in [-0.3, -0.25) is 0 Å². The lowest BCUT2D eigenvalue weighted by Crippen LogP contribution is -2.14. The molecule has 0 amide bonds. The Hall–Kier alpha value is -3.94. The average molecular weight is 517 g/mol. The Morgan fingerprint density at radius 3 is 1.31 bits per heavy atom. The molecule has 1 heterocycles. The molecule has 6 aromatic carbocycles. The van der Waals surface area contributed by atoms with Crippen LogP contribution < -0.4 is 0 Å². The lowest BCUT2D eigenvalue weighted by molar-refractivity contribution is 0.661. The normalized spacial score (nSPS) is 16.1. The van der Waals surface area contributed by atoms with E-state index in [1.54, 1.807) is 0 Å². The van der Waals surface area contributed by atoms with Crippen LogP contribution in [0.1, 0.15) is 49.9 Å². The minimum absolute atomic E-state index is 0.0246. The summed E-state index contributed by atoms with van der Waals surface area (Å²) >= 11 is 1.98. The molecular weight excluding hydrogens is 488 g/mol. The Bertz CT molecular complexity index is 2060. The molecule has 0 saturated heterocycles. The molecule has 0 spiro atoms. The summed E-state index contributed by atoms with van der Waals surface area (Å²) < 4.78 is 2.76. The van der Waals surface area contributed by atoms with Crippen LogP contribution in [0, 0.1) is 0 Å². The van der Waals surface area contributed by atoms with Crippen LogP contribution in [-0.2, 0) is 10.8 Å². The van der Waals surface area contributed by atoms with E-state index in [4.69, 9.17) is 0 Å². The first-order chi connectivity index (χ1) is 18.9. The molecule has 9 rings (SSSR count). The summed E-state index contributed by atoms with van der Waals surface area (Å²) in [5, 5.41) is 8.28. The molecule has 2 aliphatic carbocycles. The van der Waals surface area contributed by atoms with Gasteiger partial charge in [0.05, 0.1) is 0 Å². The molecule has 0 radical (unpaired) electrons. The number of rotatable bonds is 0. The predicted octanol–water partition coefficient (Wildman–Crippen LogP) is 11.0. The van der Waals surface area contributed by atoms with Gasteiger partial charge in [0.2, 0.25) is 0 Å². The fourth-order valence-corrected chi connectivity index (χ4v) is 9.20. The van der Waals surface area contributed by atoms with E-state index in [1.807, 2.05) is 11.3 Å². The van der Waals surface area contributed by atoms with Gasteiger partial charge < -0.3 is 0 Å². The first-order valence-corrected chi connectivity index (χ1v) is 14.8. The summed E-state index contributed by atoms with van der Waals surface area (Å²) in [6, 6.07) is 37.1. The molecule has 2 aliphatic rings. The number of hydrogen-bond acceptors (Lipinski definition) is 1. The zero-order valence-electron chi connectivity index (χ0n) is 22.6. The SMILES string of the molecule is CC1(C)c2ccccc2-c2c1cc1sc3cc4c(c5cccc(c6cccc2c16)c35)-c1ccccc1C4(C)C. The molecule has 39 heavy (non-hydrogen) atoms. The van der Waals surface area contributed by atoms with Crippen LogP contribution in [0.4, 0.5) is 0 Å². The van der Waals surface area contributed by atoms with E-state index in [2.05, 4.69) is 125 Å². The summed E-state index contributed by atoms with van der Waals surface area (Å²) in [5.74, 6) is 0. The Morgan fingerprint density at radius 1 is 0.436 bits per heavy atom. The van der Waals surface area contributed by atoms with E-state index < -0.39 is 0 Å². The van der Waals surface area contributed by atoms with Gasteiger partial charge >= 0.3 is 0 Å². The Labute approximate surface area is 232 Å². The molecule has 0 saturated carbocycles. The van der Waals surface area contributed by atoms with Gasteiger partial charge in [0, 0.05) is 31.0 Å². The van der Waals surface area contributed by atoms with Crippen molar-refractivity contribution < 1.29 is 0 Å². The topological polar surface area (TPSA) is 0 Å². The monoisotopic (exact) mass is 516 g/mol. The molecule has 0 unspecified atom stereocenters. The van der Waals surface area contributed by atoms with Gasteiger partial charge in [0.15, 0.2) is 0 Å². The maximum Gasteiger partial charge on any atom is 0.0364 e. The second-order valence-corrected chi connectivity index (χ2v) is 13.6. The molecular formula is C38H28S. The minimum Gasteiger partial charge on any atom is -0.135 e. The number of fused-ring (bicyclic) bond motifs is 9. The van der Waals surface area contributed by atoms with Crippen molar-refractivity contribution in [1.29, 1.82) is 0 Å². The molecule has 0 aliphatic heterocycles. The first-order valence-electron chi connectivity index (χ1n) is 14.0. The van der Waals surface area contributed by atoms with Gasteiger partial charge in [0.25, 0.3) is 0 Å². The second-order valence-electron chi connectivity index (χ2n) is 12.5. The van der Waals surface area contributed by atoms with Gasteiger partial charge in [-0.15, -0.1) is 11.3 Å². The van der Waals surface area contributed by atoms with Crippen molar-refractivity contribution in [2.75, 3.05) is 0 Å². The van der Waals surface area contributed by atoms with Gasteiger partial charge in [-0.25, -0.2) is 0 Å². The van der Waals surface area contributed by atoms with Crippen LogP contribution >= 0.6 is 11.3 Å². The largest absolute Gasteiger partial charge is 0.135 e. The molecule has 0 fully saturated rings. The maximum atomic E-state index is 2.52. The minimum atomic E-state index is -0.0246. The highest BCUT2D eigenvalue weighted by Crippen LogP contribution is 2.56. The molecule has 0 bridgehead atoms. The lowest BCUT2D eigenvalue weighted by Gasteiger charge is -2.22. The van der Waals surface area contributed by atoms with Crippen LogP contribution in [-0.4, -0.2) is 0 Å². The molecule has 0 nitrogen and oxygen atoms in total. The quantitative estimate of drug-likeness (QED) is 0.188. The van der Waals surface area contributed by atoms with Crippen molar-refractivity contribution >= 4 is 53.1 Å². The molecule has 1 aromatic heterocycles. The number of hydrogen-bond donors (Lipinski definition) is 0. The zero-order valence-corrected chi connectivity index (χ0v) is 23.5. The third kappa shape index (κ3) is 2.51. The van der Waals surface area contributed by atoms with Crippen LogP contribution in [0.25, 0.3) is 64.0 Å². The molecule has 0 atom stereocenters. The van der Waals surface area contributed by atoms with Gasteiger partial charge in [-0.2, -0.15) is 0 Å². The zero-order chi connectivity index (χ0) is 26.3. The highest BCUT2D eigenvalue weighted by molar-refractivity contribution is 7.24. The summed E-state index contributed by atoms with van der Waals surface area (Å²) in [4.78, 5) is 0. The van der Waals surface area contributed by atoms with Crippen molar-refractivity contribution in [2.24, 2.45) is 0 Å². The van der Waals surface area contributed by atoms with Crippen LogP contribution in [0.3, 0.4) is 0 Å². The molecule has 0 N–H and O–H groups in total. The van der Waals surface area contributed by atoms with E-state index in [-0.39, 0.29) is 10.8 Å². The fraction of sp³-hybridized carbons (Fsp3) is 0.158. The van der Waals surface area contributed by atoms with Crippen LogP contribution in [0.2, 0.25) is 0 Å². The van der Waals surface area contributed by atoms with Gasteiger partial charge in [-0.05, 0) is 78.2 Å². The summed E-state index contributed by atoms with van der Waals surface area (Å²) in [5.41, 5.74) is 11.4. The van der Waals surface area contributed by atoms with Crippen molar-refractivity contribution in [3.8, 4) is 22.3 Å². The Balaban J connectivity index is 1.53. The highest BCUT2D eigenvalue weighted by atomic mass is 32.1. The maximum absolute atomic E-state index is 2.52. The Morgan fingerprint density at radius 2 is 0.846 bits per heavy atom. The van der Waals surface area contributed by atoms with E-state index in [9.17, 15) is 0 Å². The average Bonchev–Trinajstić information content (AvgIpc) is 3.25. The summed E-state index contributed by atoms with van der Waals surface area (Å²) in [6.45, 7) is 9.57. The smallest absolute Gasteiger partial charge is 0.0364 e.